The highest BCUT2D eigenvalue weighted by Crippen LogP contribution is 2.32. The number of thioether (sulfide) groups is 1. The van der Waals surface area contributed by atoms with Gasteiger partial charge in [-0.05, 0) is 68.3 Å². The lowest BCUT2D eigenvalue weighted by Gasteiger charge is -2.20. The number of aromatic nitrogens is 1. The van der Waals surface area contributed by atoms with Gasteiger partial charge in [-0.15, -0.1) is 0 Å². The Bertz CT molecular complexity index is 1160. The number of fused-ring (bicyclic) bond motifs is 1. The fourth-order valence-corrected chi connectivity index (χ4v) is 4.72. The molecular weight excluding hydrogens is 394 g/mol. The van der Waals surface area contributed by atoms with Crippen molar-refractivity contribution in [2.75, 3.05) is 0 Å². The number of nitrogens with zero attached hydrogens (tertiary/aromatic N) is 4. The van der Waals surface area contributed by atoms with Crippen molar-refractivity contribution in [3.8, 4) is 5.69 Å². The Hall–Kier alpha value is -2.93. The molecule has 7 heteroatoms. The molecule has 0 aliphatic carbocycles. The van der Waals surface area contributed by atoms with Crippen LogP contribution in [0.25, 0.3) is 11.8 Å². The molecule has 0 bridgehead atoms. The third-order valence-corrected chi connectivity index (χ3v) is 6.61. The Labute approximate surface area is 180 Å². The fraction of sp³-hybridized carbons (Fsp3) is 0.304. The number of amides is 1. The van der Waals surface area contributed by atoms with Gasteiger partial charge in [0, 0.05) is 17.3 Å². The van der Waals surface area contributed by atoms with Gasteiger partial charge in [0.15, 0.2) is 5.84 Å². The van der Waals surface area contributed by atoms with Crippen molar-refractivity contribution in [1.82, 2.24) is 9.58 Å². The van der Waals surface area contributed by atoms with E-state index in [0.717, 1.165) is 27.7 Å². The number of benzene rings is 1. The molecule has 1 aromatic heterocycles. The lowest BCUT2D eigenvalue weighted by Crippen LogP contribution is -2.35. The third kappa shape index (κ3) is 3.23. The van der Waals surface area contributed by atoms with Crippen molar-refractivity contribution in [3.05, 3.63) is 57.9 Å². The van der Waals surface area contributed by atoms with Crippen LogP contribution in [0.4, 0.5) is 0 Å². The van der Waals surface area contributed by atoms with E-state index in [2.05, 4.69) is 59.7 Å². The molecule has 0 spiro atoms. The molecule has 0 atom stereocenters. The van der Waals surface area contributed by atoms with Gasteiger partial charge < -0.3 is 4.57 Å². The molecule has 0 unspecified atom stereocenters. The highest BCUT2D eigenvalue weighted by Gasteiger charge is 2.36. The summed E-state index contributed by atoms with van der Waals surface area (Å²) in [6.45, 7) is 12.4. The van der Waals surface area contributed by atoms with Crippen LogP contribution >= 0.6 is 11.8 Å². The van der Waals surface area contributed by atoms with Crippen LogP contribution in [0.15, 0.2) is 39.9 Å². The second-order valence-corrected chi connectivity index (χ2v) is 9.00. The van der Waals surface area contributed by atoms with E-state index in [1.807, 2.05) is 20.8 Å². The summed E-state index contributed by atoms with van der Waals surface area (Å²) >= 11 is 1.36. The molecule has 0 fully saturated rings. The first-order chi connectivity index (χ1) is 14.2. The van der Waals surface area contributed by atoms with E-state index in [1.54, 1.807) is 6.08 Å². The monoisotopic (exact) mass is 419 g/mol. The van der Waals surface area contributed by atoms with Crippen LogP contribution in [0.5, 0.6) is 0 Å². The van der Waals surface area contributed by atoms with Gasteiger partial charge in [-0.3, -0.25) is 10.2 Å². The van der Waals surface area contributed by atoms with E-state index >= 15 is 0 Å². The Balaban J connectivity index is 1.78. The van der Waals surface area contributed by atoms with Crippen LogP contribution in [0.3, 0.4) is 0 Å². The summed E-state index contributed by atoms with van der Waals surface area (Å²) in [6.07, 6.45) is 1.77. The van der Waals surface area contributed by atoms with Crippen molar-refractivity contribution in [3.63, 3.8) is 0 Å². The van der Waals surface area contributed by atoms with Gasteiger partial charge in [-0.2, -0.15) is 15.1 Å². The molecule has 2 aliphatic rings. The number of nitrogens with one attached hydrogen (secondary N) is 1. The molecule has 0 saturated heterocycles. The van der Waals surface area contributed by atoms with Crippen LogP contribution in [0.1, 0.15) is 41.9 Å². The minimum atomic E-state index is -0.393. The third-order valence-electron chi connectivity index (χ3n) is 5.40. The fourth-order valence-electron chi connectivity index (χ4n) is 3.83. The van der Waals surface area contributed by atoms with Crippen molar-refractivity contribution >= 4 is 39.8 Å². The van der Waals surface area contributed by atoms with E-state index in [9.17, 15) is 4.79 Å². The molecule has 2 aromatic rings. The number of hydrazone groups is 1. The normalized spacial score (nSPS) is 17.7. The molecule has 3 heterocycles. The summed E-state index contributed by atoms with van der Waals surface area (Å²) in [5.74, 6) is -0.101. The van der Waals surface area contributed by atoms with Crippen molar-refractivity contribution in [2.24, 2.45) is 16.0 Å². The lowest BCUT2D eigenvalue weighted by molar-refractivity contribution is -0.114. The van der Waals surface area contributed by atoms with Crippen molar-refractivity contribution in [2.45, 2.75) is 41.5 Å². The van der Waals surface area contributed by atoms with Gasteiger partial charge in [0.05, 0.1) is 11.3 Å². The number of rotatable bonds is 3. The number of aliphatic imine (C=N–C) groups is 1. The van der Waals surface area contributed by atoms with E-state index < -0.39 is 5.91 Å². The first kappa shape index (κ1) is 20.3. The van der Waals surface area contributed by atoms with Gasteiger partial charge in [-0.25, -0.2) is 0 Å². The average Bonchev–Trinajstić information content (AvgIpc) is 3.21. The maximum atomic E-state index is 12.7. The Morgan fingerprint density at radius 1 is 1.13 bits per heavy atom. The molecule has 0 saturated carbocycles. The molecule has 154 valence electrons. The maximum Gasteiger partial charge on any atom is 0.283 e. The van der Waals surface area contributed by atoms with Crippen LogP contribution in [0, 0.1) is 39.0 Å². The number of hydrogen-bond donors (Lipinski definition) is 1. The van der Waals surface area contributed by atoms with Gasteiger partial charge in [0.2, 0.25) is 5.17 Å². The molecule has 4 rings (SSSR count). The molecule has 6 nitrogen and oxygen atoms in total. The van der Waals surface area contributed by atoms with Crippen LogP contribution in [-0.2, 0) is 4.79 Å². The zero-order valence-corrected chi connectivity index (χ0v) is 18.9. The molecule has 30 heavy (non-hydrogen) atoms. The Morgan fingerprint density at radius 3 is 2.43 bits per heavy atom. The molecule has 1 N–H and O–H groups in total. The van der Waals surface area contributed by atoms with Crippen molar-refractivity contribution in [1.29, 1.82) is 5.41 Å². The highest BCUT2D eigenvalue weighted by molar-refractivity contribution is 8.27. The largest absolute Gasteiger partial charge is 0.317 e. The number of carbonyl (C=O) groups is 1. The van der Waals surface area contributed by atoms with Gasteiger partial charge in [0.25, 0.3) is 5.91 Å². The predicted molar refractivity (Wildman–Crippen MR) is 125 cm³/mol. The zero-order chi connectivity index (χ0) is 21.7. The lowest BCUT2D eigenvalue weighted by atomic mass is 10.1. The zero-order valence-electron chi connectivity index (χ0n) is 18.1. The molecule has 1 amide bonds. The summed E-state index contributed by atoms with van der Waals surface area (Å²) in [5, 5.41) is 15.9. The standard InChI is InChI=1S/C23H25N5OS/c1-12(2)22-26-28-20(24)18(21(29)25-23(28)30-22)11-17-10-15(5)27(16(17)6)19-13(3)8-7-9-14(19)4/h7-12,24H,1-6H3/b18-11+,24-20?. The molecular formula is C23H25N5OS. The Morgan fingerprint density at radius 2 is 1.80 bits per heavy atom. The minimum Gasteiger partial charge on any atom is -0.317 e. The van der Waals surface area contributed by atoms with E-state index in [-0.39, 0.29) is 17.3 Å². The number of aryl methyl sites for hydroxylation is 3. The summed E-state index contributed by atoms with van der Waals surface area (Å²) in [4.78, 5) is 16.9. The number of hydrogen-bond acceptors (Lipinski definition) is 4. The summed E-state index contributed by atoms with van der Waals surface area (Å²) in [7, 11) is 0. The second-order valence-electron chi connectivity index (χ2n) is 8.02. The summed E-state index contributed by atoms with van der Waals surface area (Å²) in [5.41, 5.74) is 6.80. The van der Waals surface area contributed by atoms with E-state index in [1.165, 1.54) is 27.9 Å². The first-order valence-electron chi connectivity index (χ1n) is 9.94. The first-order valence-corrected chi connectivity index (χ1v) is 10.8. The van der Waals surface area contributed by atoms with Crippen molar-refractivity contribution < 1.29 is 4.79 Å². The van der Waals surface area contributed by atoms with Gasteiger partial charge >= 0.3 is 0 Å². The number of carbonyl (C=O) groups excluding carboxylic acids is 1. The predicted octanol–water partition coefficient (Wildman–Crippen LogP) is 4.99. The van der Waals surface area contributed by atoms with Crippen LogP contribution in [-0.4, -0.2) is 31.5 Å². The average molecular weight is 420 g/mol. The van der Waals surface area contributed by atoms with Gasteiger partial charge in [-0.1, -0.05) is 32.0 Å². The van der Waals surface area contributed by atoms with Crippen LogP contribution < -0.4 is 0 Å². The highest BCUT2D eigenvalue weighted by atomic mass is 32.2. The Kier molecular flexibility index (Phi) is 5.02. The quantitative estimate of drug-likeness (QED) is 0.713. The van der Waals surface area contributed by atoms with Gasteiger partial charge in [0.1, 0.15) is 5.04 Å². The summed E-state index contributed by atoms with van der Waals surface area (Å²) in [6, 6.07) is 8.31. The van der Waals surface area contributed by atoms with E-state index in [0.29, 0.717) is 5.17 Å². The molecule has 1 aromatic carbocycles. The second kappa shape index (κ2) is 7.40. The number of para-hydroxylation sites is 1. The number of amidine groups is 2. The smallest absolute Gasteiger partial charge is 0.283 e. The van der Waals surface area contributed by atoms with Crippen LogP contribution in [0.2, 0.25) is 0 Å². The summed E-state index contributed by atoms with van der Waals surface area (Å²) < 4.78 is 2.21. The topological polar surface area (TPSA) is 73.8 Å². The maximum absolute atomic E-state index is 12.7. The minimum absolute atomic E-state index is 0.0741. The molecule has 0 radical (unpaired) electrons. The molecule has 2 aliphatic heterocycles. The SMILES string of the molecule is Cc1cccc(C)c1-n1c(C)cc(/C=C2\C(=N)N3N=C(C(C)C)SC3=NC2=O)c1C. The van der Waals surface area contributed by atoms with E-state index in [4.69, 9.17) is 5.41 Å².